The molecule has 0 aliphatic rings. The number of hydrogen-bond acceptors (Lipinski definition) is 6. The molecule has 2 aromatic carbocycles. The van der Waals surface area contributed by atoms with Crippen LogP contribution in [0.1, 0.15) is 21.5 Å². The maximum absolute atomic E-state index is 12.2. The fraction of sp³-hybridized carbons (Fsp3) is 0.105. The Morgan fingerprint density at radius 3 is 2.63 bits per heavy atom. The van der Waals surface area contributed by atoms with E-state index in [4.69, 9.17) is 17.3 Å². The Balaban J connectivity index is 1.75. The Kier molecular flexibility index (Phi) is 5.42. The largest absolute Gasteiger partial charge is 0.393 e. The van der Waals surface area contributed by atoms with Gasteiger partial charge in [-0.1, -0.05) is 29.8 Å². The first-order chi connectivity index (χ1) is 12.9. The SMILES string of the molecule is Cc1ccc(C)c(Nc2ncnc(NNC(=O)c3cccc(Cl)c3)c2N)c1. The van der Waals surface area contributed by atoms with Gasteiger partial charge in [0, 0.05) is 16.3 Å². The first-order valence-electron chi connectivity index (χ1n) is 8.20. The highest BCUT2D eigenvalue weighted by Crippen LogP contribution is 2.27. The van der Waals surface area contributed by atoms with Crippen LogP contribution in [0, 0.1) is 13.8 Å². The number of aromatic nitrogens is 2. The van der Waals surface area contributed by atoms with Crippen LogP contribution in [-0.2, 0) is 0 Å². The van der Waals surface area contributed by atoms with Crippen LogP contribution in [0.4, 0.5) is 23.0 Å². The summed E-state index contributed by atoms with van der Waals surface area (Å²) < 4.78 is 0. The molecule has 0 atom stereocenters. The van der Waals surface area contributed by atoms with Crippen LogP contribution in [0.2, 0.25) is 5.02 Å². The fourth-order valence-corrected chi connectivity index (χ4v) is 2.60. The number of halogens is 1. The second-order valence-electron chi connectivity index (χ2n) is 6.02. The van der Waals surface area contributed by atoms with Crippen LogP contribution in [-0.4, -0.2) is 15.9 Å². The topological polar surface area (TPSA) is 105 Å². The predicted molar refractivity (Wildman–Crippen MR) is 108 cm³/mol. The number of rotatable bonds is 5. The summed E-state index contributed by atoms with van der Waals surface area (Å²) in [5, 5.41) is 3.68. The number of hydrogen-bond donors (Lipinski definition) is 4. The molecule has 3 rings (SSSR count). The lowest BCUT2D eigenvalue weighted by Gasteiger charge is -2.14. The number of nitrogen functional groups attached to an aromatic ring is 1. The number of amides is 1. The molecular formula is C19H19ClN6O. The first-order valence-corrected chi connectivity index (χ1v) is 8.58. The summed E-state index contributed by atoms with van der Waals surface area (Å²) >= 11 is 5.90. The van der Waals surface area contributed by atoms with Gasteiger partial charge in [0.25, 0.3) is 5.91 Å². The molecule has 0 spiro atoms. The van der Waals surface area contributed by atoms with Gasteiger partial charge in [-0.05, 0) is 49.2 Å². The Morgan fingerprint density at radius 2 is 1.85 bits per heavy atom. The molecule has 1 heterocycles. The number of carbonyl (C=O) groups is 1. The van der Waals surface area contributed by atoms with E-state index < -0.39 is 0 Å². The molecule has 1 amide bonds. The van der Waals surface area contributed by atoms with Crippen molar-refractivity contribution in [3.63, 3.8) is 0 Å². The molecule has 5 N–H and O–H groups in total. The number of nitrogens with two attached hydrogens (primary N) is 1. The average molecular weight is 383 g/mol. The minimum absolute atomic E-state index is 0.282. The van der Waals surface area contributed by atoms with Crippen LogP contribution in [0.15, 0.2) is 48.8 Å². The third kappa shape index (κ3) is 4.45. The Hall–Kier alpha value is -3.32. The van der Waals surface area contributed by atoms with E-state index in [1.165, 1.54) is 6.33 Å². The highest BCUT2D eigenvalue weighted by Gasteiger charge is 2.11. The van der Waals surface area contributed by atoms with E-state index >= 15 is 0 Å². The van der Waals surface area contributed by atoms with E-state index in [2.05, 4.69) is 26.1 Å². The van der Waals surface area contributed by atoms with Crippen LogP contribution in [0.3, 0.4) is 0 Å². The third-order valence-corrected chi connectivity index (χ3v) is 4.15. The number of hydrazine groups is 1. The molecule has 8 heteroatoms. The molecule has 0 aliphatic carbocycles. The van der Waals surface area contributed by atoms with E-state index in [0.717, 1.165) is 16.8 Å². The number of anilines is 4. The van der Waals surface area contributed by atoms with Gasteiger partial charge in [-0.2, -0.15) is 0 Å². The van der Waals surface area contributed by atoms with Gasteiger partial charge in [-0.25, -0.2) is 9.97 Å². The van der Waals surface area contributed by atoms with Crippen molar-refractivity contribution in [1.29, 1.82) is 0 Å². The van der Waals surface area contributed by atoms with Gasteiger partial charge in [-0.3, -0.25) is 15.6 Å². The van der Waals surface area contributed by atoms with Gasteiger partial charge < -0.3 is 11.1 Å². The van der Waals surface area contributed by atoms with Gasteiger partial charge in [0.05, 0.1) is 0 Å². The normalized spacial score (nSPS) is 10.3. The van der Waals surface area contributed by atoms with Crippen molar-refractivity contribution in [2.24, 2.45) is 0 Å². The van der Waals surface area contributed by atoms with Crippen LogP contribution >= 0.6 is 11.6 Å². The highest BCUT2D eigenvalue weighted by atomic mass is 35.5. The predicted octanol–water partition coefficient (Wildman–Crippen LogP) is 3.83. The summed E-state index contributed by atoms with van der Waals surface area (Å²) in [5.74, 6) is 0.367. The lowest BCUT2D eigenvalue weighted by Crippen LogP contribution is -2.30. The zero-order valence-electron chi connectivity index (χ0n) is 14.9. The molecule has 0 unspecified atom stereocenters. The molecule has 0 fully saturated rings. The maximum Gasteiger partial charge on any atom is 0.269 e. The van der Waals surface area contributed by atoms with Gasteiger partial charge in [0.2, 0.25) is 0 Å². The summed E-state index contributed by atoms with van der Waals surface area (Å²) in [7, 11) is 0. The summed E-state index contributed by atoms with van der Waals surface area (Å²) in [6, 6.07) is 12.7. The Labute approximate surface area is 162 Å². The minimum atomic E-state index is -0.362. The summed E-state index contributed by atoms with van der Waals surface area (Å²) in [4.78, 5) is 20.5. The lowest BCUT2D eigenvalue weighted by atomic mass is 10.1. The van der Waals surface area contributed by atoms with Crippen molar-refractivity contribution in [3.05, 3.63) is 70.5 Å². The lowest BCUT2D eigenvalue weighted by molar-refractivity contribution is 0.0962. The molecule has 0 aliphatic heterocycles. The summed E-state index contributed by atoms with van der Waals surface area (Å²) in [6.07, 6.45) is 1.36. The Morgan fingerprint density at radius 1 is 1.07 bits per heavy atom. The van der Waals surface area contributed by atoms with E-state index in [1.807, 2.05) is 32.0 Å². The quantitative estimate of drug-likeness (QED) is 0.500. The van der Waals surface area contributed by atoms with E-state index in [-0.39, 0.29) is 17.4 Å². The molecule has 0 bridgehead atoms. The fourth-order valence-electron chi connectivity index (χ4n) is 2.41. The van der Waals surface area contributed by atoms with Crippen molar-refractivity contribution in [2.45, 2.75) is 13.8 Å². The minimum Gasteiger partial charge on any atom is -0.393 e. The van der Waals surface area contributed by atoms with Gasteiger partial charge in [0.15, 0.2) is 11.6 Å². The van der Waals surface area contributed by atoms with Gasteiger partial charge >= 0.3 is 0 Å². The van der Waals surface area contributed by atoms with Crippen molar-refractivity contribution < 1.29 is 4.79 Å². The molecule has 27 heavy (non-hydrogen) atoms. The second-order valence-corrected chi connectivity index (χ2v) is 6.45. The zero-order valence-corrected chi connectivity index (χ0v) is 15.6. The Bertz CT molecular complexity index is 992. The summed E-state index contributed by atoms with van der Waals surface area (Å²) in [6.45, 7) is 4.00. The molecule has 138 valence electrons. The maximum atomic E-state index is 12.2. The van der Waals surface area contributed by atoms with Crippen molar-refractivity contribution in [2.75, 3.05) is 16.5 Å². The first kappa shape index (κ1) is 18.5. The summed E-state index contributed by atoms with van der Waals surface area (Å²) in [5.41, 5.74) is 15.2. The molecule has 0 saturated heterocycles. The standard InChI is InChI=1S/C19H19ClN6O/c1-11-6-7-12(2)15(8-11)24-17-16(21)18(23-10-22-17)25-26-19(27)13-4-3-5-14(20)9-13/h3-10H,21H2,1-2H3,(H,26,27)(H2,22,23,24,25). The number of aryl methyl sites for hydroxylation is 2. The number of nitrogens with one attached hydrogen (secondary N) is 3. The highest BCUT2D eigenvalue weighted by molar-refractivity contribution is 6.30. The van der Waals surface area contributed by atoms with Crippen molar-refractivity contribution in [1.82, 2.24) is 15.4 Å². The average Bonchev–Trinajstić information content (AvgIpc) is 2.65. The molecule has 1 aromatic heterocycles. The number of carbonyl (C=O) groups excluding carboxylic acids is 1. The zero-order chi connectivity index (χ0) is 19.4. The second kappa shape index (κ2) is 7.92. The van der Waals surface area contributed by atoms with E-state index in [0.29, 0.717) is 16.4 Å². The smallest absolute Gasteiger partial charge is 0.269 e. The molecule has 3 aromatic rings. The van der Waals surface area contributed by atoms with E-state index in [1.54, 1.807) is 24.3 Å². The van der Waals surface area contributed by atoms with E-state index in [9.17, 15) is 4.79 Å². The molecular weight excluding hydrogens is 364 g/mol. The van der Waals surface area contributed by atoms with Crippen LogP contribution in [0.25, 0.3) is 0 Å². The monoisotopic (exact) mass is 382 g/mol. The van der Waals surface area contributed by atoms with Gasteiger partial charge in [-0.15, -0.1) is 0 Å². The molecule has 0 radical (unpaired) electrons. The van der Waals surface area contributed by atoms with Crippen LogP contribution < -0.4 is 21.9 Å². The van der Waals surface area contributed by atoms with Crippen molar-refractivity contribution >= 4 is 40.5 Å². The third-order valence-electron chi connectivity index (χ3n) is 3.91. The molecule has 0 saturated carbocycles. The van der Waals surface area contributed by atoms with Gasteiger partial charge in [0.1, 0.15) is 12.0 Å². The van der Waals surface area contributed by atoms with Crippen molar-refractivity contribution in [3.8, 4) is 0 Å². The van der Waals surface area contributed by atoms with Crippen LogP contribution in [0.5, 0.6) is 0 Å². The number of benzene rings is 2. The molecule has 7 nitrogen and oxygen atoms in total. The number of nitrogens with zero attached hydrogens (tertiary/aromatic N) is 2.